The van der Waals surface area contributed by atoms with E-state index >= 15 is 0 Å². The minimum absolute atomic E-state index is 0.145. The van der Waals surface area contributed by atoms with Gasteiger partial charge in [0.1, 0.15) is 0 Å². The molecule has 0 aliphatic rings. The molecule has 0 amide bonds. The van der Waals surface area contributed by atoms with Gasteiger partial charge in [0.2, 0.25) is 0 Å². The molecule has 0 aliphatic heterocycles. The lowest BCUT2D eigenvalue weighted by atomic mass is 10.1. The second-order valence-electron chi connectivity index (χ2n) is 4.34. The average Bonchev–Trinajstić information content (AvgIpc) is 2.93. The Balaban J connectivity index is 2.12. The Bertz CT molecular complexity index is 492. The molecule has 0 saturated carbocycles. The Morgan fingerprint density at radius 1 is 1.50 bits per heavy atom. The van der Waals surface area contributed by atoms with Gasteiger partial charge in [0.05, 0.1) is 12.0 Å². The van der Waals surface area contributed by atoms with Crippen molar-refractivity contribution < 1.29 is 4.42 Å². The highest BCUT2D eigenvalue weighted by atomic mass is 35.5. The lowest BCUT2D eigenvalue weighted by Gasteiger charge is -2.16. The summed E-state index contributed by atoms with van der Waals surface area (Å²) in [7, 11) is 1.92. The standard InChI is InChI=1S/C13H18ClN3O/c1-3-6-15-12(11-5-8-18-13(11)14)9-10-4-7-17(2)16-10/h4-5,7-8,12,15H,3,6,9H2,1-2H3. The van der Waals surface area contributed by atoms with E-state index in [1.807, 2.05) is 30.1 Å². The van der Waals surface area contributed by atoms with Gasteiger partial charge in [0.25, 0.3) is 0 Å². The average molecular weight is 268 g/mol. The van der Waals surface area contributed by atoms with Crippen LogP contribution in [0.1, 0.15) is 30.6 Å². The zero-order valence-electron chi connectivity index (χ0n) is 10.7. The first-order chi connectivity index (χ1) is 8.70. The van der Waals surface area contributed by atoms with Crippen LogP contribution in [0.15, 0.2) is 29.0 Å². The molecule has 0 radical (unpaired) electrons. The molecule has 18 heavy (non-hydrogen) atoms. The van der Waals surface area contributed by atoms with Crippen LogP contribution in [0.2, 0.25) is 5.22 Å². The maximum absolute atomic E-state index is 6.05. The van der Waals surface area contributed by atoms with E-state index in [1.54, 1.807) is 6.26 Å². The molecular formula is C13H18ClN3O. The Hall–Kier alpha value is -1.26. The third-order valence-corrected chi connectivity index (χ3v) is 3.15. The minimum Gasteiger partial charge on any atom is -0.453 e. The Morgan fingerprint density at radius 2 is 2.33 bits per heavy atom. The fraction of sp³-hybridized carbons (Fsp3) is 0.462. The predicted molar refractivity (Wildman–Crippen MR) is 71.7 cm³/mol. The molecule has 0 bridgehead atoms. The summed E-state index contributed by atoms with van der Waals surface area (Å²) in [5.41, 5.74) is 2.04. The van der Waals surface area contributed by atoms with E-state index in [2.05, 4.69) is 17.3 Å². The number of aryl methyl sites for hydroxylation is 1. The van der Waals surface area contributed by atoms with E-state index in [0.29, 0.717) is 5.22 Å². The molecule has 1 N–H and O–H groups in total. The third-order valence-electron chi connectivity index (χ3n) is 2.84. The van der Waals surface area contributed by atoms with Crippen LogP contribution in [-0.4, -0.2) is 16.3 Å². The lowest BCUT2D eigenvalue weighted by molar-refractivity contribution is 0.507. The van der Waals surface area contributed by atoms with E-state index in [4.69, 9.17) is 16.0 Å². The fourth-order valence-corrected chi connectivity index (χ4v) is 2.19. The highest BCUT2D eigenvalue weighted by Gasteiger charge is 2.17. The van der Waals surface area contributed by atoms with Crippen molar-refractivity contribution in [3.05, 3.63) is 41.1 Å². The predicted octanol–water partition coefficient (Wildman–Crippen LogP) is 2.95. The van der Waals surface area contributed by atoms with Crippen molar-refractivity contribution in [3.63, 3.8) is 0 Å². The number of hydrogen-bond acceptors (Lipinski definition) is 3. The molecule has 0 aliphatic carbocycles. The van der Waals surface area contributed by atoms with Crippen molar-refractivity contribution in [1.82, 2.24) is 15.1 Å². The SMILES string of the molecule is CCCNC(Cc1ccn(C)n1)c1ccoc1Cl. The van der Waals surface area contributed by atoms with Crippen LogP contribution in [0.5, 0.6) is 0 Å². The van der Waals surface area contributed by atoms with Crippen molar-refractivity contribution in [2.75, 3.05) is 6.54 Å². The molecule has 0 aromatic carbocycles. The Labute approximate surface area is 112 Å². The topological polar surface area (TPSA) is 43.0 Å². The molecule has 2 heterocycles. The molecule has 1 atom stereocenters. The van der Waals surface area contributed by atoms with Crippen LogP contribution < -0.4 is 5.32 Å². The molecule has 0 fully saturated rings. The summed E-state index contributed by atoms with van der Waals surface area (Å²) in [6.07, 6.45) is 5.45. The number of furan rings is 1. The maximum atomic E-state index is 6.05. The Kier molecular flexibility index (Phi) is 4.44. The van der Waals surface area contributed by atoms with E-state index in [0.717, 1.165) is 30.6 Å². The summed E-state index contributed by atoms with van der Waals surface area (Å²) in [4.78, 5) is 0. The van der Waals surface area contributed by atoms with Gasteiger partial charge in [-0.2, -0.15) is 5.10 Å². The van der Waals surface area contributed by atoms with E-state index in [1.165, 1.54) is 0 Å². The van der Waals surface area contributed by atoms with Gasteiger partial charge < -0.3 is 9.73 Å². The van der Waals surface area contributed by atoms with Gasteiger partial charge in [-0.1, -0.05) is 6.92 Å². The number of hydrogen-bond donors (Lipinski definition) is 1. The molecule has 2 aromatic rings. The van der Waals surface area contributed by atoms with Crippen LogP contribution in [0.4, 0.5) is 0 Å². The van der Waals surface area contributed by atoms with Crippen LogP contribution in [0, 0.1) is 0 Å². The van der Waals surface area contributed by atoms with E-state index in [9.17, 15) is 0 Å². The quantitative estimate of drug-likeness (QED) is 0.875. The third kappa shape index (κ3) is 3.15. The van der Waals surface area contributed by atoms with Crippen LogP contribution >= 0.6 is 11.6 Å². The first-order valence-corrected chi connectivity index (χ1v) is 6.53. The second-order valence-corrected chi connectivity index (χ2v) is 4.68. The smallest absolute Gasteiger partial charge is 0.197 e. The van der Waals surface area contributed by atoms with Gasteiger partial charge in [-0.05, 0) is 36.7 Å². The molecule has 2 rings (SSSR count). The van der Waals surface area contributed by atoms with Crippen LogP contribution in [0.25, 0.3) is 0 Å². The summed E-state index contributed by atoms with van der Waals surface area (Å²) in [5, 5.41) is 8.34. The fourth-order valence-electron chi connectivity index (χ4n) is 1.95. The summed E-state index contributed by atoms with van der Waals surface area (Å²) < 4.78 is 6.98. The summed E-state index contributed by atoms with van der Waals surface area (Å²) in [6, 6.07) is 4.08. The van der Waals surface area contributed by atoms with E-state index in [-0.39, 0.29) is 6.04 Å². The maximum Gasteiger partial charge on any atom is 0.197 e. The number of nitrogens with zero attached hydrogens (tertiary/aromatic N) is 2. The monoisotopic (exact) mass is 267 g/mol. The van der Waals surface area contributed by atoms with Gasteiger partial charge in [0, 0.05) is 31.3 Å². The van der Waals surface area contributed by atoms with Crippen LogP contribution in [-0.2, 0) is 13.5 Å². The number of rotatable bonds is 6. The normalized spacial score (nSPS) is 12.8. The first kappa shape index (κ1) is 13.2. The molecule has 1 unspecified atom stereocenters. The molecule has 98 valence electrons. The Morgan fingerprint density at radius 3 is 2.89 bits per heavy atom. The molecule has 5 heteroatoms. The number of nitrogens with one attached hydrogen (secondary N) is 1. The van der Waals surface area contributed by atoms with Gasteiger partial charge in [-0.25, -0.2) is 0 Å². The van der Waals surface area contributed by atoms with Crippen molar-refractivity contribution in [1.29, 1.82) is 0 Å². The van der Waals surface area contributed by atoms with E-state index < -0.39 is 0 Å². The molecule has 2 aromatic heterocycles. The summed E-state index contributed by atoms with van der Waals surface area (Å²) in [6.45, 7) is 3.08. The van der Waals surface area contributed by atoms with Crippen molar-refractivity contribution in [3.8, 4) is 0 Å². The second kappa shape index (κ2) is 6.07. The van der Waals surface area contributed by atoms with Crippen molar-refractivity contribution >= 4 is 11.6 Å². The van der Waals surface area contributed by atoms with Gasteiger partial charge >= 0.3 is 0 Å². The van der Waals surface area contributed by atoms with Crippen LogP contribution in [0.3, 0.4) is 0 Å². The summed E-state index contributed by atoms with van der Waals surface area (Å²) >= 11 is 6.05. The number of halogens is 1. The summed E-state index contributed by atoms with van der Waals surface area (Å²) in [5.74, 6) is 0. The zero-order valence-corrected chi connectivity index (χ0v) is 11.4. The van der Waals surface area contributed by atoms with Gasteiger partial charge in [-0.3, -0.25) is 4.68 Å². The molecule has 0 saturated heterocycles. The highest BCUT2D eigenvalue weighted by molar-refractivity contribution is 6.29. The first-order valence-electron chi connectivity index (χ1n) is 6.15. The lowest BCUT2D eigenvalue weighted by Crippen LogP contribution is -2.24. The minimum atomic E-state index is 0.145. The van der Waals surface area contributed by atoms with Crippen molar-refractivity contribution in [2.24, 2.45) is 7.05 Å². The zero-order chi connectivity index (χ0) is 13.0. The molecule has 0 spiro atoms. The molecule has 4 nitrogen and oxygen atoms in total. The highest BCUT2D eigenvalue weighted by Crippen LogP contribution is 2.26. The molecular weight excluding hydrogens is 250 g/mol. The van der Waals surface area contributed by atoms with Crippen molar-refractivity contribution in [2.45, 2.75) is 25.8 Å². The van der Waals surface area contributed by atoms with Gasteiger partial charge in [0.15, 0.2) is 5.22 Å². The number of aromatic nitrogens is 2. The van der Waals surface area contributed by atoms with Gasteiger partial charge in [-0.15, -0.1) is 0 Å². The largest absolute Gasteiger partial charge is 0.453 e.